The smallest absolute Gasteiger partial charge is 0.365 e. The van der Waals surface area contributed by atoms with Crippen LogP contribution in [0.1, 0.15) is 26.7 Å². The van der Waals surface area contributed by atoms with Crippen LogP contribution in [0.3, 0.4) is 0 Å². The van der Waals surface area contributed by atoms with E-state index in [4.69, 9.17) is 10.8 Å². The first-order chi connectivity index (χ1) is 15.3. The molecule has 0 atom stereocenters. The lowest BCUT2D eigenvalue weighted by atomic mass is 9.93. The van der Waals surface area contributed by atoms with E-state index in [1.807, 2.05) is 100 Å². The maximum Gasteiger partial charge on any atom is 0.365 e. The van der Waals surface area contributed by atoms with Crippen molar-refractivity contribution in [3.8, 4) is 22.5 Å². The molecule has 32 heavy (non-hydrogen) atoms. The summed E-state index contributed by atoms with van der Waals surface area (Å²) in [5.74, 6) is 0. The van der Waals surface area contributed by atoms with Gasteiger partial charge < -0.3 is 15.5 Å². The molecule has 0 radical (unpaired) electrons. The summed E-state index contributed by atoms with van der Waals surface area (Å²) in [6, 6.07) is 16.1. The topological polar surface area (TPSA) is 80.3 Å². The highest BCUT2D eigenvalue weighted by Gasteiger charge is 2.31. The third kappa shape index (κ3) is 4.39. The number of nitrogens with zero attached hydrogens (tertiary/aromatic N) is 5. The molecule has 7 heteroatoms. The van der Waals surface area contributed by atoms with E-state index >= 15 is 0 Å². The van der Waals surface area contributed by atoms with Gasteiger partial charge in [0.25, 0.3) is 0 Å². The Labute approximate surface area is 190 Å². The Morgan fingerprint density at radius 2 is 1.25 bits per heavy atom. The maximum atomic E-state index is 13.2. The Morgan fingerprint density at radius 1 is 0.812 bits per heavy atom. The molecule has 2 N–H and O–H groups in total. The summed E-state index contributed by atoms with van der Waals surface area (Å²) < 4.78 is 1.50. The average Bonchev–Trinajstić information content (AvgIpc) is 2.81. The van der Waals surface area contributed by atoms with Crippen molar-refractivity contribution in [2.75, 3.05) is 44.5 Å². The second kappa shape index (κ2) is 9.53. The van der Waals surface area contributed by atoms with Crippen LogP contribution in [0.4, 0.5) is 11.4 Å². The van der Waals surface area contributed by atoms with Gasteiger partial charge in [-0.15, -0.1) is 0 Å². The van der Waals surface area contributed by atoms with E-state index in [9.17, 15) is 4.79 Å². The molecule has 0 saturated carbocycles. The predicted octanol–water partition coefficient (Wildman–Crippen LogP) is 3.58. The molecule has 1 aromatic heterocycles. The van der Waals surface area contributed by atoms with Crippen LogP contribution in [-0.4, -0.2) is 49.5 Å². The van der Waals surface area contributed by atoms with Gasteiger partial charge in [-0.1, -0.05) is 38.1 Å². The second-order valence-electron chi connectivity index (χ2n) is 8.52. The molecule has 0 amide bonds. The fraction of sp³-hybridized carbons (Fsp3) is 0.400. The maximum absolute atomic E-state index is 13.2. The van der Waals surface area contributed by atoms with Crippen LogP contribution in [0, 0.1) is 0 Å². The van der Waals surface area contributed by atoms with Gasteiger partial charge in [0, 0.05) is 57.2 Å². The van der Waals surface area contributed by atoms with Crippen molar-refractivity contribution in [3.63, 3.8) is 0 Å². The lowest BCUT2D eigenvalue weighted by Crippen LogP contribution is -2.48. The molecule has 0 aliphatic heterocycles. The number of anilines is 2. The van der Waals surface area contributed by atoms with E-state index in [1.54, 1.807) is 0 Å². The van der Waals surface area contributed by atoms with Gasteiger partial charge in [0.2, 0.25) is 0 Å². The Kier molecular flexibility index (Phi) is 6.99. The largest absolute Gasteiger partial charge is 0.378 e. The molecular weight excluding hydrogens is 400 g/mol. The monoisotopic (exact) mass is 434 g/mol. The Morgan fingerprint density at radius 3 is 1.62 bits per heavy atom. The Balaban J connectivity index is 2.26. The van der Waals surface area contributed by atoms with Crippen LogP contribution < -0.4 is 21.2 Å². The summed E-state index contributed by atoms with van der Waals surface area (Å²) >= 11 is 0. The highest BCUT2D eigenvalue weighted by molar-refractivity contribution is 5.78. The van der Waals surface area contributed by atoms with Crippen LogP contribution in [0.5, 0.6) is 0 Å². The van der Waals surface area contributed by atoms with Crippen molar-refractivity contribution >= 4 is 11.4 Å². The van der Waals surface area contributed by atoms with Crippen molar-refractivity contribution in [2.45, 2.75) is 32.2 Å². The molecule has 3 aromatic rings. The molecule has 0 spiro atoms. The van der Waals surface area contributed by atoms with Gasteiger partial charge in [0.1, 0.15) is 11.4 Å². The quantitative estimate of drug-likeness (QED) is 0.584. The first kappa shape index (κ1) is 23.5. The number of rotatable bonds is 8. The summed E-state index contributed by atoms with van der Waals surface area (Å²) in [5, 5.41) is 4.87. The van der Waals surface area contributed by atoms with E-state index in [1.165, 1.54) is 4.68 Å². The van der Waals surface area contributed by atoms with Crippen molar-refractivity contribution in [1.29, 1.82) is 0 Å². The van der Waals surface area contributed by atoms with Gasteiger partial charge in [-0.05, 0) is 37.1 Å². The van der Waals surface area contributed by atoms with Crippen LogP contribution in [0.2, 0.25) is 0 Å². The van der Waals surface area contributed by atoms with Crippen molar-refractivity contribution in [3.05, 3.63) is 59.0 Å². The number of hydrogen-bond acceptors (Lipinski definition) is 6. The number of benzene rings is 2. The first-order valence-electron chi connectivity index (χ1n) is 11.0. The molecule has 0 aliphatic rings. The lowest BCUT2D eigenvalue weighted by molar-refractivity contribution is 0.229. The molecule has 0 bridgehead atoms. The second-order valence-corrected chi connectivity index (χ2v) is 8.52. The van der Waals surface area contributed by atoms with Crippen molar-refractivity contribution < 1.29 is 0 Å². The van der Waals surface area contributed by atoms with Crippen LogP contribution in [0.15, 0.2) is 53.3 Å². The number of aromatic nitrogens is 3. The van der Waals surface area contributed by atoms with E-state index in [0.29, 0.717) is 30.8 Å². The summed E-state index contributed by atoms with van der Waals surface area (Å²) in [4.78, 5) is 21.8. The van der Waals surface area contributed by atoms with Crippen LogP contribution >= 0.6 is 0 Å². The van der Waals surface area contributed by atoms with E-state index in [2.05, 4.69) is 4.98 Å². The highest BCUT2D eigenvalue weighted by Crippen LogP contribution is 2.31. The van der Waals surface area contributed by atoms with Gasteiger partial charge in [0.05, 0.1) is 5.54 Å². The van der Waals surface area contributed by atoms with E-state index in [-0.39, 0.29) is 5.69 Å². The average molecular weight is 435 g/mol. The normalized spacial score (nSPS) is 11.5. The fourth-order valence-corrected chi connectivity index (χ4v) is 3.85. The molecule has 170 valence electrons. The summed E-state index contributed by atoms with van der Waals surface area (Å²) in [6.07, 6.45) is 1.40. The SMILES string of the molecule is CCC(CC)(CN)n1nc(-c2ccc(N(C)C)cc2)c(-c2ccc(N(C)C)cc2)nc1=O. The third-order valence-corrected chi connectivity index (χ3v) is 6.27. The van der Waals surface area contributed by atoms with E-state index < -0.39 is 5.54 Å². The molecule has 2 aromatic carbocycles. The summed E-state index contributed by atoms with van der Waals surface area (Å²) in [6.45, 7) is 4.39. The molecule has 0 unspecified atom stereocenters. The van der Waals surface area contributed by atoms with Gasteiger partial charge in [0.15, 0.2) is 0 Å². The minimum absolute atomic E-state index is 0.324. The number of nitrogens with two attached hydrogens (primary N) is 1. The van der Waals surface area contributed by atoms with Gasteiger partial charge >= 0.3 is 5.69 Å². The molecule has 1 heterocycles. The molecular formula is C25H34N6O. The summed E-state index contributed by atoms with van der Waals surface area (Å²) in [5.41, 5.74) is 10.4. The Hall–Kier alpha value is -3.19. The lowest BCUT2D eigenvalue weighted by Gasteiger charge is -2.31. The van der Waals surface area contributed by atoms with E-state index in [0.717, 1.165) is 22.5 Å². The Bertz CT molecular complexity index is 1090. The molecule has 0 fully saturated rings. The zero-order chi connectivity index (χ0) is 23.5. The summed E-state index contributed by atoms with van der Waals surface area (Å²) in [7, 11) is 8.00. The van der Waals surface area contributed by atoms with Crippen LogP contribution in [-0.2, 0) is 5.54 Å². The van der Waals surface area contributed by atoms with Crippen molar-refractivity contribution in [2.24, 2.45) is 5.73 Å². The fourth-order valence-electron chi connectivity index (χ4n) is 3.85. The predicted molar refractivity (Wildman–Crippen MR) is 133 cm³/mol. The number of hydrogen-bond donors (Lipinski definition) is 1. The minimum atomic E-state index is -0.560. The van der Waals surface area contributed by atoms with Crippen LogP contribution in [0.25, 0.3) is 22.5 Å². The standard InChI is InChI=1S/C25H34N6O/c1-7-25(8-2,17-26)31-24(32)27-22(18-9-13-20(14-10-18)29(3)4)23(28-31)19-11-15-21(16-12-19)30(5)6/h9-16H,7-8,17,26H2,1-6H3. The first-order valence-corrected chi connectivity index (χ1v) is 11.0. The minimum Gasteiger partial charge on any atom is -0.378 e. The highest BCUT2D eigenvalue weighted by atomic mass is 16.1. The zero-order valence-corrected chi connectivity index (χ0v) is 20.0. The molecule has 7 nitrogen and oxygen atoms in total. The zero-order valence-electron chi connectivity index (χ0n) is 20.0. The molecule has 0 saturated heterocycles. The molecule has 0 aliphatic carbocycles. The van der Waals surface area contributed by atoms with Crippen molar-refractivity contribution in [1.82, 2.24) is 14.8 Å². The molecule has 3 rings (SSSR count). The van der Waals surface area contributed by atoms with Gasteiger partial charge in [-0.3, -0.25) is 0 Å². The van der Waals surface area contributed by atoms with Gasteiger partial charge in [-0.2, -0.15) is 10.1 Å². The third-order valence-electron chi connectivity index (χ3n) is 6.27. The van der Waals surface area contributed by atoms with Gasteiger partial charge in [-0.25, -0.2) is 9.48 Å².